The third kappa shape index (κ3) is 4.41. The normalized spacial score (nSPS) is 20.4. The molecule has 0 unspecified atom stereocenters. The van der Waals surface area contributed by atoms with Gasteiger partial charge in [-0.3, -0.25) is 9.59 Å². The first-order valence-corrected chi connectivity index (χ1v) is 12.0. The van der Waals surface area contributed by atoms with Gasteiger partial charge in [-0.1, -0.05) is 26.8 Å². The number of sulfonamides is 1. The van der Waals surface area contributed by atoms with Gasteiger partial charge in [0.1, 0.15) is 4.21 Å². The van der Waals surface area contributed by atoms with Crippen LogP contribution in [0.2, 0.25) is 0 Å². The van der Waals surface area contributed by atoms with Crippen LogP contribution < -0.4 is 0 Å². The highest BCUT2D eigenvalue weighted by molar-refractivity contribution is 7.91. The van der Waals surface area contributed by atoms with Gasteiger partial charge in [0.05, 0.1) is 0 Å². The molecule has 0 aromatic carbocycles. The second-order valence-electron chi connectivity index (χ2n) is 8.48. The second-order valence-corrected chi connectivity index (χ2v) is 11.6. The highest BCUT2D eigenvalue weighted by Gasteiger charge is 2.36. The highest BCUT2D eigenvalue weighted by atomic mass is 32.2. The van der Waals surface area contributed by atoms with Gasteiger partial charge in [-0.05, 0) is 24.3 Å². The van der Waals surface area contributed by atoms with Crippen LogP contribution in [0.25, 0.3) is 0 Å². The lowest BCUT2D eigenvalue weighted by Crippen LogP contribution is -2.53. The lowest BCUT2D eigenvalue weighted by atomic mass is 9.90. The fourth-order valence-corrected chi connectivity index (χ4v) is 6.32. The Kier molecular flexibility index (Phi) is 6.17. The molecule has 3 rings (SSSR count). The van der Waals surface area contributed by atoms with Gasteiger partial charge in [0, 0.05) is 50.6 Å². The van der Waals surface area contributed by atoms with Gasteiger partial charge in [-0.25, -0.2) is 8.42 Å². The molecule has 0 N–H and O–H groups in total. The molecular weight excluding hydrogens is 398 g/mol. The molecule has 0 bridgehead atoms. The van der Waals surface area contributed by atoms with Crippen molar-refractivity contribution in [2.45, 2.75) is 37.8 Å². The Labute approximate surface area is 171 Å². The van der Waals surface area contributed by atoms with Gasteiger partial charge in [-0.15, -0.1) is 11.3 Å². The maximum Gasteiger partial charge on any atom is 0.252 e. The molecule has 0 atom stereocenters. The summed E-state index contributed by atoms with van der Waals surface area (Å²) in [5.41, 5.74) is -0.402. The summed E-state index contributed by atoms with van der Waals surface area (Å²) in [5, 5.41) is 1.75. The minimum atomic E-state index is -3.45. The Hall–Kier alpha value is -1.45. The minimum absolute atomic E-state index is 0.0792. The first-order valence-electron chi connectivity index (χ1n) is 9.72. The number of piperazine rings is 1. The Morgan fingerprint density at radius 1 is 1.00 bits per heavy atom. The summed E-state index contributed by atoms with van der Waals surface area (Å²) in [6, 6.07) is 3.35. The fraction of sp³-hybridized carbons (Fsp3) is 0.684. The van der Waals surface area contributed by atoms with Crippen molar-refractivity contribution < 1.29 is 18.0 Å². The van der Waals surface area contributed by atoms with Crippen LogP contribution in [0.5, 0.6) is 0 Å². The number of nitrogens with zero attached hydrogens (tertiary/aromatic N) is 3. The van der Waals surface area contributed by atoms with Gasteiger partial charge in [-0.2, -0.15) is 4.31 Å². The molecule has 9 heteroatoms. The molecule has 0 saturated carbocycles. The summed E-state index contributed by atoms with van der Waals surface area (Å²) in [6.45, 7) is 8.46. The predicted octanol–water partition coefficient (Wildman–Crippen LogP) is 1.87. The van der Waals surface area contributed by atoms with E-state index in [0.717, 1.165) is 0 Å². The number of piperidine rings is 1. The molecule has 28 heavy (non-hydrogen) atoms. The Morgan fingerprint density at radius 3 is 2.11 bits per heavy atom. The number of amides is 2. The van der Waals surface area contributed by atoms with Crippen LogP contribution in [0.3, 0.4) is 0 Å². The van der Waals surface area contributed by atoms with E-state index in [1.165, 1.54) is 15.6 Å². The summed E-state index contributed by atoms with van der Waals surface area (Å²) < 4.78 is 27.0. The molecule has 2 fully saturated rings. The van der Waals surface area contributed by atoms with Crippen LogP contribution in [-0.4, -0.2) is 73.6 Å². The van der Waals surface area contributed by atoms with Crippen LogP contribution in [0.4, 0.5) is 0 Å². The third-order valence-corrected chi connectivity index (χ3v) is 8.68. The smallest absolute Gasteiger partial charge is 0.252 e. The number of likely N-dealkylation sites (tertiary alicyclic amines) is 1. The third-order valence-electron chi connectivity index (χ3n) is 5.41. The van der Waals surface area contributed by atoms with E-state index in [1.54, 1.807) is 22.4 Å². The van der Waals surface area contributed by atoms with E-state index in [0.29, 0.717) is 56.3 Å². The van der Waals surface area contributed by atoms with Crippen LogP contribution in [0, 0.1) is 11.3 Å². The number of hydrogen-bond donors (Lipinski definition) is 0. The van der Waals surface area contributed by atoms with Crippen molar-refractivity contribution in [1.29, 1.82) is 0 Å². The zero-order valence-corrected chi connectivity index (χ0v) is 18.4. The Bertz CT molecular complexity index is 799. The summed E-state index contributed by atoms with van der Waals surface area (Å²) >= 11 is 1.22. The SMILES string of the molecule is CC(C)(C)C(=O)N1CCC(C(=O)N2CCN(S(=O)(=O)c3cccs3)CC2)CC1. The van der Waals surface area contributed by atoms with Crippen LogP contribution >= 0.6 is 11.3 Å². The van der Waals surface area contributed by atoms with E-state index in [1.807, 2.05) is 25.7 Å². The number of rotatable bonds is 3. The van der Waals surface area contributed by atoms with E-state index in [4.69, 9.17) is 0 Å². The zero-order chi connectivity index (χ0) is 20.5. The molecule has 7 nitrogen and oxygen atoms in total. The van der Waals surface area contributed by atoms with Gasteiger partial charge >= 0.3 is 0 Å². The molecule has 2 amide bonds. The zero-order valence-electron chi connectivity index (χ0n) is 16.8. The van der Waals surface area contributed by atoms with E-state index >= 15 is 0 Å². The lowest BCUT2D eigenvalue weighted by Gasteiger charge is -2.39. The van der Waals surface area contributed by atoms with Crippen LogP contribution in [0.1, 0.15) is 33.6 Å². The molecule has 2 aliphatic rings. The van der Waals surface area contributed by atoms with Crippen molar-refractivity contribution >= 4 is 33.2 Å². The number of carbonyl (C=O) groups is 2. The topological polar surface area (TPSA) is 78.0 Å². The summed E-state index contributed by atoms with van der Waals surface area (Å²) in [5.74, 6) is 0.145. The van der Waals surface area contributed by atoms with Crippen LogP contribution in [-0.2, 0) is 19.6 Å². The van der Waals surface area contributed by atoms with Crippen LogP contribution in [0.15, 0.2) is 21.7 Å². The maximum atomic E-state index is 12.9. The Morgan fingerprint density at radius 2 is 1.61 bits per heavy atom. The number of hydrogen-bond acceptors (Lipinski definition) is 5. The van der Waals surface area contributed by atoms with Gasteiger partial charge in [0.2, 0.25) is 11.8 Å². The predicted molar refractivity (Wildman–Crippen MR) is 108 cm³/mol. The van der Waals surface area contributed by atoms with Crippen molar-refractivity contribution in [3.63, 3.8) is 0 Å². The summed E-state index contributed by atoms with van der Waals surface area (Å²) in [7, 11) is -3.45. The van der Waals surface area contributed by atoms with Gasteiger partial charge in [0.25, 0.3) is 10.0 Å². The summed E-state index contributed by atoms with van der Waals surface area (Å²) in [6.07, 6.45) is 1.35. The molecule has 156 valence electrons. The van der Waals surface area contributed by atoms with Gasteiger partial charge in [0.15, 0.2) is 0 Å². The second kappa shape index (κ2) is 8.12. The highest BCUT2D eigenvalue weighted by Crippen LogP contribution is 2.26. The molecule has 0 radical (unpaired) electrons. The number of carbonyl (C=O) groups excluding carboxylic acids is 2. The first-order chi connectivity index (χ1) is 13.1. The molecule has 1 aromatic rings. The molecule has 2 saturated heterocycles. The van der Waals surface area contributed by atoms with Crippen molar-refractivity contribution in [2.75, 3.05) is 39.3 Å². The van der Waals surface area contributed by atoms with Gasteiger partial charge < -0.3 is 9.80 Å². The maximum absolute atomic E-state index is 12.9. The lowest BCUT2D eigenvalue weighted by molar-refractivity contribution is -0.145. The average molecular weight is 428 g/mol. The first kappa shape index (κ1) is 21.3. The molecular formula is C19H29N3O4S2. The largest absolute Gasteiger partial charge is 0.342 e. The van der Waals surface area contributed by atoms with Crippen molar-refractivity contribution in [1.82, 2.24) is 14.1 Å². The molecule has 0 aliphatic carbocycles. The Balaban J connectivity index is 1.52. The van der Waals surface area contributed by atoms with Crippen molar-refractivity contribution in [3.8, 4) is 0 Å². The molecule has 2 aliphatic heterocycles. The quantitative estimate of drug-likeness (QED) is 0.738. The minimum Gasteiger partial charge on any atom is -0.342 e. The van der Waals surface area contributed by atoms with E-state index in [9.17, 15) is 18.0 Å². The standard InChI is InChI=1S/C19H29N3O4S2/c1-19(2,3)18(24)21-8-6-15(7-9-21)17(23)20-10-12-22(13-11-20)28(25,26)16-5-4-14-27-16/h4-5,14-15H,6-13H2,1-3H3. The number of thiophene rings is 1. The van der Waals surface area contributed by atoms with E-state index in [-0.39, 0.29) is 17.7 Å². The molecule has 1 aromatic heterocycles. The van der Waals surface area contributed by atoms with Crippen molar-refractivity contribution in [2.24, 2.45) is 11.3 Å². The monoisotopic (exact) mass is 427 g/mol. The average Bonchev–Trinajstić information content (AvgIpc) is 3.22. The fourth-order valence-electron chi connectivity index (χ4n) is 3.75. The summed E-state index contributed by atoms with van der Waals surface area (Å²) in [4.78, 5) is 28.9. The van der Waals surface area contributed by atoms with E-state index < -0.39 is 15.4 Å². The molecule has 0 spiro atoms. The molecule has 3 heterocycles. The van der Waals surface area contributed by atoms with Crippen molar-refractivity contribution in [3.05, 3.63) is 17.5 Å². The van der Waals surface area contributed by atoms with E-state index in [2.05, 4.69) is 0 Å².